The van der Waals surface area contributed by atoms with Crippen molar-refractivity contribution >= 4 is 28.6 Å². The van der Waals surface area contributed by atoms with Crippen LogP contribution in [0.5, 0.6) is 23.4 Å². The Bertz CT molecular complexity index is 1410. The lowest BCUT2D eigenvalue weighted by Gasteiger charge is -2.20. The molecule has 0 atom stereocenters. The molecule has 2 heterocycles. The number of carbonyl (C=O) groups is 1. The number of aromatic nitrogens is 4. The number of hydrogen-bond donors (Lipinski definition) is 4. The molecule has 0 aliphatic rings. The van der Waals surface area contributed by atoms with Crippen LogP contribution in [0.4, 0.5) is 5.69 Å². The molecule has 0 saturated carbocycles. The molecule has 7 N–H and O–H groups in total. The van der Waals surface area contributed by atoms with Crippen molar-refractivity contribution < 1.29 is 19.7 Å². The van der Waals surface area contributed by atoms with E-state index in [4.69, 9.17) is 26.4 Å². The molecule has 0 spiro atoms. The van der Waals surface area contributed by atoms with Crippen molar-refractivity contribution in [2.45, 2.75) is 20.8 Å². The maximum atomic E-state index is 13.1. The second-order valence-corrected chi connectivity index (χ2v) is 7.75. The van der Waals surface area contributed by atoms with E-state index in [0.717, 1.165) is 0 Å². The van der Waals surface area contributed by atoms with Gasteiger partial charge in [0, 0.05) is 24.8 Å². The zero-order chi connectivity index (χ0) is 25.1. The number of fused-ring (bicyclic) bond motifs is 1. The highest BCUT2D eigenvalue weighted by Crippen LogP contribution is 2.32. The number of H-pyrrole nitrogens is 1. The van der Waals surface area contributed by atoms with Crippen molar-refractivity contribution in [3.63, 3.8) is 0 Å². The first-order chi connectivity index (χ1) is 16.8. The summed E-state index contributed by atoms with van der Waals surface area (Å²) in [5, 5.41) is 5.78. The van der Waals surface area contributed by atoms with Crippen LogP contribution in [0.3, 0.4) is 0 Å². The van der Waals surface area contributed by atoms with Crippen LogP contribution < -0.4 is 26.4 Å². The fraction of sp³-hybridized carbons (Fsp3) is 0.208. The Kier molecular flexibility index (Phi) is 6.49. The number of amidine groups is 1. The summed E-state index contributed by atoms with van der Waals surface area (Å²) >= 11 is 0. The number of nitrogens with two attached hydrogens (primary N) is 3. The Labute approximate surface area is 201 Å². The lowest BCUT2D eigenvalue weighted by atomic mass is 10.1. The first-order valence-corrected chi connectivity index (χ1v) is 11.1. The number of benzene rings is 2. The highest BCUT2D eigenvalue weighted by molar-refractivity contribution is 6.00. The predicted molar refractivity (Wildman–Crippen MR) is 131 cm³/mol. The number of anilines is 1. The number of amides is 1. The van der Waals surface area contributed by atoms with Gasteiger partial charge in [0.15, 0.2) is 5.65 Å². The topological polar surface area (TPSA) is 171 Å². The molecule has 0 bridgehead atoms. The minimum absolute atomic E-state index is 0.0655. The van der Waals surface area contributed by atoms with Crippen LogP contribution in [-0.2, 0) is 0 Å². The number of imidazole rings is 1. The van der Waals surface area contributed by atoms with Crippen molar-refractivity contribution in [2.75, 3.05) is 18.8 Å². The molecule has 0 aliphatic heterocycles. The number of nitrogen functional groups attached to an aromatic ring is 1. The van der Waals surface area contributed by atoms with E-state index in [1.165, 1.54) is 0 Å². The van der Waals surface area contributed by atoms with E-state index in [1.807, 2.05) is 13.8 Å². The average molecular weight is 476 g/mol. The zero-order valence-electron chi connectivity index (χ0n) is 19.7. The van der Waals surface area contributed by atoms with Gasteiger partial charge in [0.05, 0.1) is 11.1 Å². The third kappa shape index (κ3) is 4.98. The van der Waals surface area contributed by atoms with Crippen molar-refractivity contribution in [3.8, 4) is 23.4 Å². The van der Waals surface area contributed by atoms with Crippen molar-refractivity contribution in [2.24, 2.45) is 5.73 Å². The predicted octanol–water partition coefficient (Wildman–Crippen LogP) is 1.77. The standard InChI is InChI=1S/C24H26N8O3/c1-4-32(5-2)23(33)17-10-9-14(20(26)27)11-18(17)35-24-30-21-19(28-13(3)29-21)22(31-24)34-16-8-6-7-15(25)12-16/h6-12H,4-5,25H2,1-3H3,(H3,26,27)(H,28,29,30,31)/p+1. The van der Waals surface area contributed by atoms with Crippen LogP contribution in [-0.4, -0.2) is 49.7 Å². The van der Waals surface area contributed by atoms with E-state index in [2.05, 4.69) is 19.9 Å². The summed E-state index contributed by atoms with van der Waals surface area (Å²) in [6.07, 6.45) is 0. The van der Waals surface area contributed by atoms with Gasteiger partial charge in [-0.2, -0.15) is 9.97 Å². The van der Waals surface area contributed by atoms with Gasteiger partial charge in [-0.3, -0.25) is 15.9 Å². The van der Waals surface area contributed by atoms with E-state index < -0.39 is 0 Å². The molecular formula is C24H27N8O3+. The van der Waals surface area contributed by atoms with Crippen molar-refractivity contribution in [1.82, 2.24) is 24.8 Å². The summed E-state index contributed by atoms with van der Waals surface area (Å²) in [6, 6.07) is 11.7. The van der Waals surface area contributed by atoms with Crippen LogP contribution in [0.2, 0.25) is 0 Å². The molecule has 0 fully saturated rings. The first kappa shape index (κ1) is 23.5. The smallest absolute Gasteiger partial charge is 0.327 e. The molecule has 180 valence electrons. The number of nitrogens with one attached hydrogen (secondary N) is 1. The fourth-order valence-corrected chi connectivity index (χ4v) is 3.52. The number of nitrogens with zero attached hydrogens (tertiary/aromatic N) is 4. The number of ether oxygens (including phenoxy) is 2. The quantitative estimate of drug-likeness (QED) is 0.170. The van der Waals surface area contributed by atoms with Crippen molar-refractivity contribution in [1.29, 1.82) is 0 Å². The third-order valence-corrected chi connectivity index (χ3v) is 5.29. The Morgan fingerprint density at radius 1 is 1.09 bits per heavy atom. The van der Waals surface area contributed by atoms with Gasteiger partial charge >= 0.3 is 6.01 Å². The van der Waals surface area contributed by atoms with Gasteiger partial charge in [-0.1, -0.05) is 6.07 Å². The van der Waals surface area contributed by atoms with Gasteiger partial charge in [-0.05, 0) is 51.1 Å². The maximum absolute atomic E-state index is 13.1. The monoisotopic (exact) mass is 475 g/mol. The number of aryl methyl sites for hydroxylation is 1. The summed E-state index contributed by atoms with van der Waals surface area (Å²) in [5.41, 5.74) is 13.8. The van der Waals surface area contributed by atoms with Gasteiger partial charge in [0.2, 0.25) is 0 Å². The maximum Gasteiger partial charge on any atom is 0.327 e. The summed E-state index contributed by atoms with van der Waals surface area (Å²) < 4.78 is 12.0. The molecule has 4 aromatic rings. The number of carbonyl (C=O) groups excluding carboxylic acids is 1. The van der Waals surface area contributed by atoms with Gasteiger partial charge in [0.1, 0.15) is 22.8 Å². The van der Waals surface area contributed by atoms with E-state index in [9.17, 15) is 4.79 Å². The van der Waals surface area contributed by atoms with Crippen LogP contribution in [0.25, 0.3) is 11.2 Å². The average Bonchev–Trinajstić information content (AvgIpc) is 3.20. The number of hydrogen-bond acceptors (Lipinski definition) is 7. The first-order valence-electron chi connectivity index (χ1n) is 11.1. The molecule has 2 aromatic heterocycles. The molecule has 1 amide bonds. The second-order valence-electron chi connectivity index (χ2n) is 7.75. The SMILES string of the molecule is CCN(CC)C(=O)c1ccc(C(N)=[NH2+])cc1Oc1nc(Oc2cccc(N)c2)c2[nH]c(C)nc2n1. The molecule has 0 unspecified atom stereocenters. The largest absolute Gasteiger partial charge is 0.437 e. The summed E-state index contributed by atoms with van der Waals surface area (Å²) in [5.74, 6) is 1.37. The minimum atomic E-state index is -0.208. The molecule has 35 heavy (non-hydrogen) atoms. The molecular weight excluding hydrogens is 448 g/mol. The Balaban J connectivity index is 1.79. The third-order valence-electron chi connectivity index (χ3n) is 5.29. The van der Waals surface area contributed by atoms with Crippen LogP contribution in [0, 0.1) is 6.92 Å². The van der Waals surface area contributed by atoms with Gasteiger partial charge < -0.3 is 25.1 Å². The lowest BCUT2D eigenvalue weighted by molar-refractivity contribution is -0.114. The van der Waals surface area contributed by atoms with Crippen LogP contribution >= 0.6 is 0 Å². The highest BCUT2D eigenvalue weighted by Gasteiger charge is 2.22. The Hall–Kier alpha value is -4.67. The molecule has 0 aliphatic carbocycles. The highest BCUT2D eigenvalue weighted by atomic mass is 16.5. The number of rotatable bonds is 8. The van der Waals surface area contributed by atoms with E-state index in [0.29, 0.717) is 52.6 Å². The normalized spacial score (nSPS) is 10.8. The summed E-state index contributed by atoms with van der Waals surface area (Å²) in [4.78, 5) is 31.1. The van der Waals surface area contributed by atoms with Crippen LogP contribution in [0.15, 0.2) is 42.5 Å². The molecule has 4 rings (SSSR count). The van der Waals surface area contributed by atoms with E-state index in [1.54, 1.807) is 54.3 Å². The molecule has 2 aromatic carbocycles. The van der Waals surface area contributed by atoms with Gasteiger partial charge in [-0.25, -0.2) is 4.98 Å². The lowest BCUT2D eigenvalue weighted by Crippen LogP contribution is -2.46. The summed E-state index contributed by atoms with van der Waals surface area (Å²) in [7, 11) is 0. The Morgan fingerprint density at radius 2 is 1.86 bits per heavy atom. The molecule has 0 radical (unpaired) electrons. The van der Waals surface area contributed by atoms with Gasteiger partial charge in [0.25, 0.3) is 17.6 Å². The number of aromatic amines is 1. The molecule has 11 heteroatoms. The fourth-order valence-electron chi connectivity index (χ4n) is 3.52. The van der Waals surface area contributed by atoms with Crippen molar-refractivity contribution in [3.05, 3.63) is 59.4 Å². The molecule has 0 saturated heterocycles. The van der Waals surface area contributed by atoms with E-state index in [-0.39, 0.29) is 29.4 Å². The summed E-state index contributed by atoms with van der Waals surface area (Å²) in [6.45, 7) is 6.66. The molecule has 11 nitrogen and oxygen atoms in total. The zero-order valence-corrected chi connectivity index (χ0v) is 19.7. The second kappa shape index (κ2) is 9.67. The minimum Gasteiger partial charge on any atom is -0.437 e. The van der Waals surface area contributed by atoms with E-state index >= 15 is 0 Å². The van der Waals surface area contributed by atoms with Crippen LogP contribution in [0.1, 0.15) is 35.6 Å². The van der Waals surface area contributed by atoms with Gasteiger partial charge in [-0.15, -0.1) is 0 Å². The Morgan fingerprint density at radius 3 is 2.54 bits per heavy atom.